The molecule has 1 aromatic rings. The molecule has 0 unspecified atom stereocenters. The van der Waals surface area contributed by atoms with E-state index in [1.54, 1.807) is 0 Å². The summed E-state index contributed by atoms with van der Waals surface area (Å²) < 4.78 is 0. The highest BCUT2D eigenvalue weighted by Crippen LogP contribution is 2.15. The highest BCUT2D eigenvalue weighted by molar-refractivity contribution is 6.04. The molecule has 0 aliphatic rings. The van der Waals surface area contributed by atoms with Crippen LogP contribution in [0.3, 0.4) is 0 Å². The fourth-order valence-electron chi connectivity index (χ4n) is 0.951. The largest absolute Gasteiger partial charge is 0.383 e. The van der Waals surface area contributed by atoms with Crippen molar-refractivity contribution < 1.29 is 4.79 Å². The van der Waals surface area contributed by atoms with Crippen LogP contribution in [0, 0.1) is 5.41 Å². The Kier molecular flexibility index (Phi) is 3.24. The average molecular weight is 204 g/mol. The van der Waals surface area contributed by atoms with Crippen molar-refractivity contribution in [3.05, 3.63) is 35.9 Å². The number of rotatable bonds is 1. The number of aliphatic imine (C=N–C) groups is 1. The third-order valence-electron chi connectivity index (χ3n) is 1.93. The Morgan fingerprint density at radius 3 is 2.20 bits per heavy atom. The third kappa shape index (κ3) is 3.20. The van der Waals surface area contributed by atoms with Crippen LogP contribution in [-0.2, 0) is 4.79 Å². The van der Waals surface area contributed by atoms with Crippen LogP contribution in [0.4, 0.5) is 0 Å². The number of nitrogens with zero attached hydrogens (tertiary/aromatic N) is 1. The van der Waals surface area contributed by atoms with Gasteiger partial charge in [-0.1, -0.05) is 51.1 Å². The zero-order valence-electron chi connectivity index (χ0n) is 9.32. The van der Waals surface area contributed by atoms with Gasteiger partial charge in [0.15, 0.2) is 0 Å². The van der Waals surface area contributed by atoms with E-state index in [0.29, 0.717) is 0 Å². The van der Waals surface area contributed by atoms with Crippen molar-refractivity contribution in [1.29, 1.82) is 0 Å². The SMILES string of the molecule is CC(C)(C)C(=O)N=C(N)c1ccccc1. The highest BCUT2D eigenvalue weighted by Gasteiger charge is 2.20. The summed E-state index contributed by atoms with van der Waals surface area (Å²) in [6.45, 7) is 5.45. The first-order chi connectivity index (χ1) is 6.91. The molecule has 1 amide bonds. The Hall–Kier alpha value is -1.64. The Balaban J connectivity index is 2.91. The molecular weight excluding hydrogens is 188 g/mol. The molecule has 0 atom stereocenters. The number of amides is 1. The summed E-state index contributed by atoms with van der Waals surface area (Å²) in [6, 6.07) is 9.27. The number of carbonyl (C=O) groups is 1. The summed E-state index contributed by atoms with van der Waals surface area (Å²) in [6.07, 6.45) is 0. The smallest absolute Gasteiger partial charge is 0.252 e. The molecule has 0 aliphatic heterocycles. The van der Waals surface area contributed by atoms with Crippen LogP contribution in [0.25, 0.3) is 0 Å². The van der Waals surface area contributed by atoms with E-state index in [0.717, 1.165) is 5.56 Å². The highest BCUT2D eigenvalue weighted by atomic mass is 16.1. The number of hydrogen-bond acceptors (Lipinski definition) is 1. The van der Waals surface area contributed by atoms with Crippen LogP contribution in [0.2, 0.25) is 0 Å². The Morgan fingerprint density at radius 2 is 1.73 bits per heavy atom. The second-order valence-corrected chi connectivity index (χ2v) is 4.42. The topological polar surface area (TPSA) is 55.5 Å². The quantitative estimate of drug-likeness (QED) is 0.561. The molecule has 2 N–H and O–H groups in total. The summed E-state index contributed by atoms with van der Waals surface area (Å²) in [5, 5.41) is 0. The van der Waals surface area contributed by atoms with E-state index in [1.807, 2.05) is 51.1 Å². The van der Waals surface area contributed by atoms with Gasteiger partial charge in [-0.3, -0.25) is 4.79 Å². The average Bonchev–Trinajstić information content (AvgIpc) is 2.17. The maximum Gasteiger partial charge on any atom is 0.252 e. The van der Waals surface area contributed by atoms with Crippen molar-refractivity contribution in [3.8, 4) is 0 Å². The van der Waals surface area contributed by atoms with Crippen molar-refractivity contribution in [3.63, 3.8) is 0 Å². The van der Waals surface area contributed by atoms with E-state index >= 15 is 0 Å². The molecule has 0 aromatic heterocycles. The first-order valence-corrected chi connectivity index (χ1v) is 4.85. The van der Waals surface area contributed by atoms with E-state index in [-0.39, 0.29) is 11.7 Å². The predicted molar refractivity (Wildman–Crippen MR) is 61.6 cm³/mol. The van der Waals surface area contributed by atoms with Crippen LogP contribution in [0.15, 0.2) is 35.3 Å². The van der Waals surface area contributed by atoms with Crippen molar-refractivity contribution in [2.75, 3.05) is 0 Å². The summed E-state index contributed by atoms with van der Waals surface area (Å²) in [4.78, 5) is 15.5. The number of benzene rings is 1. The minimum atomic E-state index is -0.487. The molecule has 15 heavy (non-hydrogen) atoms. The molecule has 80 valence electrons. The fourth-order valence-corrected chi connectivity index (χ4v) is 0.951. The Bertz CT molecular complexity index is 374. The molecule has 0 saturated heterocycles. The zero-order valence-corrected chi connectivity index (χ0v) is 9.32. The molecule has 1 aromatic carbocycles. The Labute approximate surface area is 90.0 Å². The lowest BCUT2D eigenvalue weighted by Gasteiger charge is -2.12. The summed E-state index contributed by atoms with van der Waals surface area (Å²) in [5.41, 5.74) is 6.01. The van der Waals surface area contributed by atoms with Crippen LogP contribution in [0.1, 0.15) is 26.3 Å². The van der Waals surface area contributed by atoms with E-state index < -0.39 is 5.41 Å². The minimum absolute atomic E-state index is 0.205. The minimum Gasteiger partial charge on any atom is -0.383 e. The molecule has 0 bridgehead atoms. The monoisotopic (exact) mass is 204 g/mol. The molecule has 0 heterocycles. The maximum atomic E-state index is 11.6. The lowest BCUT2D eigenvalue weighted by atomic mass is 9.96. The van der Waals surface area contributed by atoms with E-state index in [4.69, 9.17) is 5.73 Å². The van der Waals surface area contributed by atoms with Gasteiger partial charge in [0.25, 0.3) is 5.91 Å². The fraction of sp³-hybridized carbons (Fsp3) is 0.333. The van der Waals surface area contributed by atoms with Crippen LogP contribution in [-0.4, -0.2) is 11.7 Å². The summed E-state index contributed by atoms with van der Waals surface area (Å²) in [7, 11) is 0. The first kappa shape index (κ1) is 11.4. The third-order valence-corrected chi connectivity index (χ3v) is 1.93. The van der Waals surface area contributed by atoms with Crippen molar-refractivity contribution in [2.45, 2.75) is 20.8 Å². The zero-order chi connectivity index (χ0) is 11.5. The second kappa shape index (κ2) is 4.26. The molecular formula is C12H16N2O. The van der Waals surface area contributed by atoms with Gasteiger partial charge in [-0.25, -0.2) is 0 Å². The van der Waals surface area contributed by atoms with Gasteiger partial charge < -0.3 is 5.73 Å². The molecule has 0 aliphatic carbocycles. The number of amidine groups is 1. The number of hydrogen-bond donors (Lipinski definition) is 1. The van der Waals surface area contributed by atoms with Gasteiger partial charge in [0.2, 0.25) is 0 Å². The lowest BCUT2D eigenvalue weighted by Crippen LogP contribution is -2.23. The molecule has 1 rings (SSSR count). The van der Waals surface area contributed by atoms with Crippen molar-refractivity contribution in [1.82, 2.24) is 0 Å². The predicted octanol–water partition coefficient (Wildman–Crippen LogP) is 1.96. The van der Waals surface area contributed by atoms with Crippen LogP contribution < -0.4 is 5.73 Å². The van der Waals surface area contributed by atoms with Crippen LogP contribution >= 0.6 is 0 Å². The number of nitrogens with two attached hydrogens (primary N) is 1. The lowest BCUT2D eigenvalue weighted by molar-refractivity contribution is -0.124. The van der Waals surface area contributed by atoms with E-state index in [9.17, 15) is 4.79 Å². The van der Waals surface area contributed by atoms with E-state index in [1.165, 1.54) is 0 Å². The molecule has 0 radical (unpaired) electrons. The first-order valence-electron chi connectivity index (χ1n) is 4.85. The molecule has 3 nitrogen and oxygen atoms in total. The van der Waals surface area contributed by atoms with Crippen molar-refractivity contribution in [2.24, 2.45) is 16.1 Å². The van der Waals surface area contributed by atoms with Gasteiger partial charge in [0.1, 0.15) is 5.84 Å². The van der Waals surface area contributed by atoms with E-state index in [2.05, 4.69) is 4.99 Å². The standard InChI is InChI=1S/C12H16N2O/c1-12(2,3)11(15)14-10(13)9-7-5-4-6-8-9/h4-8H,1-3H3,(H2,13,14,15). The maximum absolute atomic E-state index is 11.6. The van der Waals surface area contributed by atoms with Gasteiger partial charge in [-0.05, 0) is 0 Å². The van der Waals surface area contributed by atoms with Gasteiger partial charge in [0, 0.05) is 11.0 Å². The molecule has 0 spiro atoms. The number of carbonyl (C=O) groups excluding carboxylic acids is 1. The van der Waals surface area contributed by atoms with Gasteiger partial charge >= 0.3 is 0 Å². The summed E-state index contributed by atoms with van der Waals surface area (Å²) in [5.74, 6) is 0.0689. The summed E-state index contributed by atoms with van der Waals surface area (Å²) >= 11 is 0. The molecule has 0 fully saturated rings. The normalized spacial score (nSPS) is 12.6. The Morgan fingerprint density at radius 1 is 1.20 bits per heavy atom. The van der Waals surface area contributed by atoms with Gasteiger partial charge in [-0.2, -0.15) is 4.99 Å². The van der Waals surface area contributed by atoms with Crippen LogP contribution in [0.5, 0.6) is 0 Å². The molecule has 3 heteroatoms. The second-order valence-electron chi connectivity index (χ2n) is 4.42. The molecule has 0 saturated carbocycles. The van der Waals surface area contributed by atoms with Gasteiger partial charge in [-0.15, -0.1) is 0 Å². The van der Waals surface area contributed by atoms with Gasteiger partial charge in [0.05, 0.1) is 0 Å². The van der Waals surface area contributed by atoms with Crippen molar-refractivity contribution >= 4 is 11.7 Å².